The Bertz CT molecular complexity index is 677. The SMILES string of the molecule is Oc1ccc2nc3n(c2c1)CCN1C[C@H]2C[C@@H]3[C@@H]1C2. The highest BCUT2D eigenvalue weighted by atomic mass is 16.3. The molecule has 1 aromatic carbocycles. The number of imidazole rings is 1. The van der Waals surface area contributed by atoms with Crippen molar-refractivity contribution in [2.45, 2.75) is 31.3 Å². The molecule has 4 heteroatoms. The van der Waals surface area contributed by atoms with Crippen LogP contribution in [0.15, 0.2) is 18.2 Å². The van der Waals surface area contributed by atoms with Gasteiger partial charge in [0.1, 0.15) is 11.6 Å². The number of aromatic hydroxyl groups is 1. The van der Waals surface area contributed by atoms with Gasteiger partial charge in [-0.1, -0.05) is 0 Å². The highest BCUT2D eigenvalue weighted by molar-refractivity contribution is 5.78. The Hall–Kier alpha value is -1.55. The smallest absolute Gasteiger partial charge is 0.117 e. The van der Waals surface area contributed by atoms with Crippen LogP contribution in [0.3, 0.4) is 0 Å². The summed E-state index contributed by atoms with van der Waals surface area (Å²) in [5.74, 6) is 3.09. The van der Waals surface area contributed by atoms with Gasteiger partial charge in [0.2, 0.25) is 0 Å². The van der Waals surface area contributed by atoms with Gasteiger partial charge in [0.25, 0.3) is 0 Å². The van der Waals surface area contributed by atoms with Gasteiger partial charge >= 0.3 is 0 Å². The van der Waals surface area contributed by atoms with E-state index in [1.165, 1.54) is 25.2 Å². The predicted molar refractivity (Wildman–Crippen MR) is 72.2 cm³/mol. The van der Waals surface area contributed by atoms with E-state index in [-0.39, 0.29) is 0 Å². The zero-order valence-electron chi connectivity index (χ0n) is 10.8. The predicted octanol–water partition coefficient (Wildman–Crippen LogP) is 1.93. The number of phenolic OH excluding ortho intramolecular Hbond substituents is 1. The third-order valence-electron chi connectivity index (χ3n) is 5.29. The Labute approximate surface area is 111 Å². The summed E-state index contributed by atoms with van der Waals surface area (Å²) in [7, 11) is 0. The first-order chi connectivity index (χ1) is 9.29. The Kier molecular flexibility index (Phi) is 1.79. The third kappa shape index (κ3) is 1.25. The van der Waals surface area contributed by atoms with Crippen molar-refractivity contribution in [2.75, 3.05) is 13.1 Å². The molecule has 1 aromatic heterocycles. The van der Waals surface area contributed by atoms with Gasteiger partial charge in [-0.15, -0.1) is 0 Å². The minimum atomic E-state index is 0.340. The van der Waals surface area contributed by atoms with Crippen molar-refractivity contribution in [3.63, 3.8) is 0 Å². The van der Waals surface area contributed by atoms with Gasteiger partial charge in [0.15, 0.2) is 0 Å². The minimum Gasteiger partial charge on any atom is -0.508 e. The molecule has 2 bridgehead atoms. The van der Waals surface area contributed by atoms with Gasteiger partial charge in [-0.25, -0.2) is 4.98 Å². The summed E-state index contributed by atoms with van der Waals surface area (Å²) < 4.78 is 2.35. The van der Waals surface area contributed by atoms with Crippen LogP contribution in [0.25, 0.3) is 11.0 Å². The van der Waals surface area contributed by atoms with E-state index < -0.39 is 0 Å². The normalized spacial score (nSPS) is 32.7. The third-order valence-corrected chi connectivity index (χ3v) is 5.29. The number of piperidine rings is 1. The Morgan fingerprint density at radius 3 is 3.05 bits per heavy atom. The zero-order valence-corrected chi connectivity index (χ0v) is 10.8. The van der Waals surface area contributed by atoms with Crippen molar-refractivity contribution in [1.82, 2.24) is 14.5 Å². The van der Waals surface area contributed by atoms with Crippen LogP contribution in [0.2, 0.25) is 0 Å². The molecule has 3 atom stereocenters. The molecule has 3 heterocycles. The molecule has 1 saturated carbocycles. The van der Waals surface area contributed by atoms with Crippen LogP contribution < -0.4 is 0 Å². The Balaban J connectivity index is 1.75. The number of rotatable bonds is 0. The summed E-state index contributed by atoms with van der Waals surface area (Å²) in [4.78, 5) is 7.53. The van der Waals surface area contributed by atoms with E-state index in [2.05, 4.69) is 9.47 Å². The molecule has 2 aromatic rings. The fourth-order valence-electron chi connectivity index (χ4n) is 4.55. The van der Waals surface area contributed by atoms with Crippen molar-refractivity contribution in [3.05, 3.63) is 24.0 Å². The summed E-state index contributed by atoms with van der Waals surface area (Å²) in [5, 5.41) is 9.72. The maximum Gasteiger partial charge on any atom is 0.117 e. The van der Waals surface area contributed by atoms with E-state index in [1.807, 2.05) is 12.1 Å². The molecule has 0 unspecified atom stereocenters. The van der Waals surface area contributed by atoms with E-state index in [4.69, 9.17) is 4.98 Å². The molecule has 3 aliphatic rings. The number of nitrogens with zero attached hydrogens (tertiary/aromatic N) is 3. The number of aromatic nitrogens is 2. The lowest BCUT2D eigenvalue weighted by atomic mass is 9.98. The molecule has 1 saturated heterocycles. The topological polar surface area (TPSA) is 41.3 Å². The van der Waals surface area contributed by atoms with Crippen molar-refractivity contribution in [1.29, 1.82) is 0 Å². The summed E-state index contributed by atoms with van der Waals surface area (Å²) >= 11 is 0. The average Bonchev–Trinajstić information content (AvgIpc) is 3.05. The molecule has 19 heavy (non-hydrogen) atoms. The molecule has 5 rings (SSSR count). The Morgan fingerprint density at radius 1 is 1.21 bits per heavy atom. The standard InChI is InChI=1S/C15H17N3O/c19-10-1-2-12-14(7-10)18-4-3-17-8-9-5-11(13(17)6-9)15(18)16-12/h1-2,7,9,11,13,19H,3-6,8H2/t9-,11+,13-/m0/s1. The van der Waals surface area contributed by atoms with Crippen molar-refractivity contribution >= 4 is 11.0 Å². The van der Waals surface area contributed by atoms with Crippen LogP contribution >= 0.6 is 0 Å². The largest absolute Gasteiger partial charge is 0.508 e. The van der Waals surface area contributed by atoms with Gasteiger partial charge in [-0.2, -0.15) is 0 Å². The molecule has 0 amide bonds. The second kappa shape index (κ2) is 3.31. The molecule has 4 nitrogen and oxygen atoms in total. The lowest BCUT2D eigenvalue weighted by Crippen LogP contribution is -2.36. The molecule has 2 fully saturated rings. The van der Waals surface area contributed by atoms with Crippen LogP contribution in [-0.2, 0) is 6.54 Å². The van der Waals surface area contributed by atoms with E-state index in [0.29, 0.717) is 11.7 Å². The van der Waals surface area contributed by atoms with E-state index in [1.54, 1.807) is 6.07 Å². The molecule has 2 aliphatic heterocycles. The van der Waals surface area contributed by atoms with E-state index >= 15 is 0 Å². The first-order valence-corrected chi connectivity index (χ1v) is 7.23. The molecule has 0 spiro atoms. The first kappa shape index (κ1) is 10.3. The highest BCUT2D eigenvalue weighted by Crippen LogP contribution is 2.48. The second-order valence-corrected chi connectivity index (χ2v) is 6.30. The van der Waals surface area contributed by atoms with Gasteiger partial charge in [0, 0.05) is 37.7 Å². The van der Waals surface area contributed by atoms with Crippen molar-refractivity contribution in [2.24, 2.45) is 5.92 Å². The van der Waals surface area contributed by atoms with Gasteiger partial charge in [-0.3, -0.25) is 4.90 Å². The molecule has 98 valence electrons. The quantitative estimate of drug-likeness (QED) is 0.782. The Morgan fingerprint density at radius 2 is 2.16 bits per heavy atom. The average molecular weight is 255 g/mol. The highest BCUT2D eigenvalue weighted by Gasteiger charge is 2.48. The number of phenols is 1. The molecular weight excluding hydrogens is 238 g/mol. The van der Waals surface area contributed by atoms with Crippen LogP contribution in [0.1, 0.15) is 24.6 Å². The summed E-state index contributed by atoms with van der Waals surface area (Å²) in [6, 6.07) is 6.26. The summed E-state index contributed by atoms with van der Waals surface area (Å²) in [6.07, 6.45) is 2.66. The van der Waals surface area contributed by atoms with Crippen LogP contribution in [0.5, 0.6) is 5.75 Å². The van der Waals surface area contributed by atoms with E-state index in [0.717, 1.165) is 36.1 Å². The second-order valence-electron chi connectivity index (χ2n) is 6.30. The zero-order chi connectivity index (χ0) is 12.6. The first-order valence-electron chi connectivity index (χ1n) is 7.23. The van der Waals surface area contributed by atoms with Crippen LogP contribution in [-0.4, -0.2) is 38.7 Å². The summed E-state index contributed by atoms with van der Waals surface area (Å²) in [5.41, 5.74) is 2.13. The van der Waals surface area contributed by atoms with Gasteiger partial charge in [-0.05, 0) is 30.9 Å². The van der Waals surface area contributed by atoms with Gasteiger partial charge in [0.05, 0.1) is 11.0 Å². The molecule has 1 aliphatic carbocycles. The number of fused-ring (bicyclic) bond motifs is 5. The van der Waals surface area contributed by atoms with Gasteiger partial charge < -0.3 is 9.67 Å². The minimum absolute atomic E-state index is 0.340. The number of hydrogen-bond acceptors (Lipinski definition) is 3. The molecule has 1 N–H and O–H groups in total. The fourth-order valence-corrected chi connectivity index (χ4v) is 4.55. The maximum atomic E-state index is 9.72. The number of hydrogen-bond donors (Lipinski definition) is 1. The lowest BCUT2D eigenvalue weighted by Gasteiger charge is -2.29. The number of benzene rings is 1. The summed E-state index contributed by atoms with van der Waals surface area (Å²) in [6.45, 7) is 3.43. The molecule has 0 radical (unpaired) electrons. The maximum absolute atomic E-state index is 9.72. The van der Waals surface area contributed by atoms with Crippen molar-refractivity contribution < 1.29 is 5.11 Å². The van der Waals surface area contributed by atoms with Crippen molar-refractivity contribution in [3.8, 4) is 5.75 Å². The van der Waals surface area contributed by atoms with Crippen LogP contribution in [0, 0.1) is 5.92 Å². The van der Waals surface area contributed by atoms with E-state index in [9.17, 15) is 5.11 Å². The van der Waals surface area contributed by atoms with Crippen LogP contribution in [0.4, 0.5) is 0 Å². The monoisotopic (exact) mass is 255 g/mol. The fraction of sp³-hybridized carbons (Fsp3) is 0.533. The lowest BCUT2D eigenvalue weighted by molar-refractivity contribution is 0.200. The molecular formula is C15H17N3O.